The lowest BCUT2D eigenvalue weighted by molar-refractivity contribution is 0.596. The molecule has 0 fully saturated rings. The first-order valence-electron chi connectivity index (χ1n) is 12.0. The molecule has 1 atom stereocenters. The molecule has 9 nitrogen and oxygen atoms in total. The third-order valence-corrected chi connectivity index (χ3v) is 10.1. The standard InChI is InChI=1S/C26H26N6O3S3/c1-4-7-22-29-30-26(33)32(22)23(21-8-5-6-14-27-21)19-11-9-18(10-12-19)20-13-15-36-24(20)38(34,35)31-25-28-16(2)17(3)37-25/h5-6,8-15,23H,4,7H2,1-3H3,(H,28,31)(H,30,33). The Kier molecular flexibility index (Phi) is 7.28. The van der Waals surface area contributed by atoms with Gasteiger partial charge < -0.3 is 0 Å². The number of hydrogen-bond acceptors (Lipinski definition) is 8. The molecular weight excluding hydrogens is 541 g/mol. The van der Waals surface area contributed by atoms with Gasteiger partial charge in [-0.25, -0.2) is 23.3 Å². The van der Waals surface area contributed by atoms with Gasteiger partial charge in [0, 0.05) is 23.1 Å². The maximum absolute atomic E-state index is 13.2. The van der Waals surface area contributed by atoms with E-state index in [4.69, 9.17) is 0 Å². The van der Waals surface area contributed by atoms with E-state index in [-0.39, 0.29) is 9.90 Å². The summed E-state index contributed by atoms with van der Waals surface area (Å²) in [5.74, 6) is 0.655. The van der Waals surface area contributed by atoms with Crippen LogP contribution in [0.4, 0.5) is 5.13 Å². The zero-order chi connectivity index (χ0) is 26.9. The van der Waals surface area contributed by atoms with E-state index in [0.717, 1.165) is 39.5 Å². The van der Waals surface area contributed by atoms with Crippen LogP contribution in [0.1, 0.15) is 47.0 Å². The Morgan fingerprint density at radius 1 is 1.11 bits per heavy atom. The van der Waals surface area contributed by atoms with Crippen LogP contribution < -0.4 is 10.4 Å². The Morgan fingerprint density at radius 2 is 1.89 bits per heavy atom. The summed E-state index contributed by atoms with van der Waals surface area (Å²) in [6.45, 7) is 5.79. The lowest BCUT2D eigenvalue weighted by Gasteiger charge is -2.20. The maximum atomic E-state index is 13.2. The summed E-state index contributed by atoms with van der Waals surface area (Å²) in [4.78, 5) is 22.6. The number of nitrogens with zero attached hydrogens (tertiary/aromatic N) is 4. The van der Waals surface area contributed by atoms with Crippen LogP contribution in [0.2, 0.25) is 0 Å². The first-order valence-corrected chi connectivity index (χ1v) is 15.2. The molecule has 0 saturated carbocycles. The van der Waals surface area contributed by atoms with Gasteiger partial charge in [-0.1, -0.05) is 37.3 Å². The van der Waals surface area contributed by atoms with Crippen molar-refractivity contribution in [3.8, 4) is 11.1 Å². The van der Waals surface area contributed by atoms with Crippen LogP contribution >= 0.6 is 22.7 Å². The van der Waals surface area contributed by atoms with Crippen LogP contribution in [0, 0.1) is 13.8 Å². The summed E-state index contributed by atoms with van der Waals surface area (Å²) >= 11 is 2.46. The minimum Gasteiger partial charge on any atom is -0.266 e. The van der Waals surface area contributed by atoms with Crippen molar-refractivity contribution in [2.75, 3.05) is 4.72 Å². The van der Waals surface area contributed by atoms with Crippen LogP contribution in [-0.4, -0.2) is 33.2 Å². The second-order valence-corrected chi connectivity index (χ2v) is 12.7. The van der Waals surface area contributed by atoms with Crippen molar-refractivity contribution in [1.29, 1.82) is 0 Å². The van der Waals surface area contributed by atoms with Crippen molar-refractivity contribution in [2.24, 2.45) is 0 Å². The van der Waals surface area contributed by atoms with Gasteiger partial charge in [-0.3, -0.25) is 14.3 Å². The normalized spacial score (nSPS) is 12.5. The molecule has 0 amide bonds. The van der Waals surface area contributed by atoms with Gasteiger partial charge in [-0.15, -0.1) is 22.7 Å². The number of H-pyrrole nitrogens is 1. The molecule has 4 aromatic heterocycles. The number of nitrogens with one attached hydrogen (secondary N) is 2. The predicted octanol–water partition coefficient (Wildman–Crippen LogP) is 5.16. The fraction of sp³-hybridized carbons (Fsp3) is 0.231. The molecule has 0 aliphatic rings. The summed E-state index contributed by atoms with van der Waals surface area (Å²) < 4.78 is 31.0. The number of aromatic amines is 1. The molecule has 38 heavy (non-hydrogen) atoms. The van der Waals surface area contributed by atoms with Gasteiger partial charge in [0.15, 0.2) is 5.13 Å². The zero-order valence-electron chi connectivity index (χ0n) is 21.0. The molecule has 5 rings (SSSR count). The number of benzene rings is 1. The SMILES string of the molecule is CCCc1n[nH]c(=O)n1C(c1ccc(-c2ccsc2S(=O)(=O)Nc2nc(C)c(C)s2)cc1)c1ccccn1. The summed E-state index contributed by atoms with van der Waals surface area (Å²) in [6, 6.07) is 14.4. The van der Waals surface area contributed by atoms with E-state index in [1.807, 2.05) is 63.2 Å². The first kappa shape index (κ1) is 26.0. The van der Waals surface area contributed by atoms with E-state index in [1.165, 1.54) is 11.3 Å². The number of anilines is 1. The third kappa shape index (κ3) is 5.06. The number of sulfonamides is 1. The van der Waals surface area contributed by atoms with Crippen LogP contribution in [0.3, 0.4) is 0 Å². The Labute approximate surface area is 228 Å². The minimum absolute atomic E-state index is 0.216. The molecular formula is C26H26N6O3S3. The van der Waals surface area contributed by atoms with Crippen molar-refractivity contribution in [1.82, 2.24) is 24.7 Å². The average molecular weight is 567 g/mol. The maximum Gasteiger partial charge on any atom is 0.344 e. The molecule has 0 aliphatic heterocycles. The number of aryl methyl sites for hydroxylation is 3. The van der Waals surface area contributed by atoms with Crippen LogP contribution in [0.25, 0.3) is 11.1 Å². The predicted molar refractivity (Wildman–Crippen MR) is 150 cm³/mol. The van der Waals surface area contributed by atoms with Crippen LogP contribution in [-0.2, 0) is 16.4 Å². The van der Waals surface area contributed by atoms with E-state index in [2.05, 4.69) is 24.9 Å². The Morgan fingerprint density at radius 3 is 2.55 bits per heavy atom. The summed E-state index contributed by atoms with van der Waals surface area (Å²) in [7, 11) is -3.83. The number of thiazole rings is 1. The highest BCUT2D eigenvalue weighted by atomic mass is 32.2. The van der Waals surface area contributed by atoms with Crippen LogP contribution in [0.15, 0.2) is 69.1 Å². The number of pyridine rings is 1. The van der Waals surface area contributed by atoms with Crippen molar-refractivity contribution in [3.05, 3.63) is 98.2 Å². The first-order chi connectivity index (χ1) is 18.3. The molecule has 1 aromatic carbocycles. The lowest BCUT2D eigenvalue weighted by Crippen LogP contribution is -2.26. The lowest BCUT2D eigenvalue weighted by atomic mass is 9.99. The molecule has 5 aromatic rings. The smallest absolute Gasteiger partial charge is 0.266 e. The molecule has 4 heterocycles. The molecule has 1 unspecified atom stereocenters. The van der Waals surface area contributed by atoms with Crippen molar-refractivity contribution < 1.29 is 8.42 Å². The van der Waals surface area contributed by atoms with Gasteiger partial charge in [-0.2, -0.15) is 5.10 Å². The summed E-state index contributed by atoms with van der Waals surface area (Å²) in [6.07, 6.45) is 3.17. The second-order valence-electron chi connectivity index (χ2n) is 8.73. The zero-order valence-corrected chi connectivity index (χ0v) is 23.5. The highest BCUT2D eigenvalue weighted by Gasteiger charge is 2.25. The highest BCUT2D eigenvalue weighted by Crippen LogP contribution is 2.35. The fourth-order valence-corrected chi connectivity index (χ4v) is 7.68. The molecule has 0 saturated heterocycles. The Hall–Kier alpha value is -3.61. The number of hydrogen-bond donors (Lipinski definition) is 2. The highest BCUT2D eigenvalue weighted by molar-refractivity contribution is 7.95. The molecule has 196 valence electrons. The monoisotopic (exact) mass is 566 g/mol. The van der Waals surface area contributed by atoms with E-state index in [9.17, 15) is 13.2 Å². The van der Waals surface area contributed by atoms with Gasteiger partial charge in [0.25, 0.3) is 10.0 Å². The number of aromatic nitrogens is 5. The summed E-state index contributed by atoms with van der Waals surface area (Å²) in [5, 5.41) is 8.92. The van der Waals surface area contributed by atoms with Crippen LogP contribution in [0.5, 0.6) is 0 Å². The molecule has 12 heteroatoms. The number of rotatable bonds is 9. The number of thiophene rings is 1. The third-order valence-electron chi connectivity index (χ3n) is 6.14. The molecule has 0 spiro atoms. The van der Waals surface area contributed by atoms with Crippen molar-refractivity contribution in [3.63, 3.8) is 0 Å². The molecule has 0 aliphatic carbocycles. The van der Waals surface area contributed by atoms with Gasteiger partial charge in [0.05, 0.1) is 11.4 Å². The second kappa shape index (κ2) is 10.6. The molecule has 0 bridgehead atoms. The quantitative estimate of drug-likeness (QED) is 0.254. The summed E-state index contributed by atoms with van der Waals surface area (Å²) in [5.41, 5.74) is 3.38. The Balaban J connectivity index is 1.52. The topological polar surface area (TPSA) is 123 Å². The van der Waals surface area contributed by atoms with Gasteiger partial charge in [-0.05, 0) is 55.0 Å². The average Bonchev–Trinajstić information content (AvgIpc) is 3.61. The Bertz CT molecular complexity index is 1700. The largest absolute Gasteiger partial charge is 0.344 e. The van der Waals surface area contributed by atoms with Gasteiger partial charge in [0.1, 0.15) is 16.1 Å². The minimum atomic E-state index is -3.83. The molecule has 2 N–H and O–H groups in total. The van der Waals surface area contributed by atoms with E-state index in [0.29, 0.717) is 28.6 Å². The van der Waals surface area contributed by atoms with E-state index >= 15 is 0 Å². The van der Waals surface area contributed by atoms with E-state index < -0.39 is 16.1 Å². The molecule has 0 radical (unpaired) electrons. The van der Waals surface area contributed by atoms with Gasteiger partial charge in [0.2, 0.25) is 0 Å². The van der Waals surface area contributed by atoms with Crippen molar-refractivity contribution in [2.45, 2.75) is 43.9 Å². The van der Waals surface area contributed by atoms with E-state index in [1.54, 1.807) is 22.2 Å². The van der Waals surface area contributed by atoms with Crippen molar-refractivity contribution >= 4 is 37.8 Å². The van der Waals surface area contributed by atoms with Gasteiger partial charge >= 0.3 is 5.69 Å². The fourth-order valence-electron chi connectivity index (χ4n) is 4.23.